The van der Waals surface area contributed by atoms with Gasteiger partial charge in [-0.1, -0.05) is 19.1 Å². The number of rotatable bonds is 5. The topological polar surface area (TPSA) is 36.0 Å². The van der Waals surface area contributed by atoms with Crippen molar-refractivity contribution in [3.63, 3.8) is 0 Å². The van der Waals surface area contributed by atoms with Gasteiger partial charge in [-0.15, -0.1) is 0 Å². The van der Waals surface area contributed by atoms with E-state index in [2.05, 4.69) is 41.0 Å². The molecule has 0 radical (unpaired) electrons. The van der Waals surface area contributed by atoms with Crippen molar-refractivity contribution in [2.24, 2.45) is 0 Å². The number of carbonyl (C=O) groups is 1. The zero-order chi connectivity index (χ0) is 16.8. The zero-order valence-electron chi connectivity index (χ0n) is 14.7. The highest BCUT2D eigenvalue weighted by atomic mass is 16.5. The SMILES string of the molecule is CCN1CCN(C(=O)CCc2ccc(N3CCOCC3)cc2)CC1. The summed E-state index contributed by atoms with van der Waals surface area (Å²) >= 11 is 0. The van der Waals surface area contributed by atoms with Gasteiger partial charge in [0.05, 0.1) is 13.2 Å². The number of likely N-dealkylation sites (N-methyl/N-ethyl adjacent to an activating group) is 1. The van der Waals surface area contributed by atoms with Crippen LogP contribution in [-0.2, 0) is 16.0 Å². The van der Waals surface area contributed by atoms with Gasteiger partial charge in [-0.3, -0.25) is 4.79 Å². The maximum absolute atomic E-state index is 12.4. The second-order valence-electron chi connectivity index (χ2n) is 6.58. The lowest BCUT2D eigenvalue weighted by atomic mass is 10.1. The number of hydrogen-bond donors (Lipinski definition) is 0. The molecule has 3 rings (SSSR count). The molecule has 5 nitrogen and oxygen atoms in total. The van der Waals surface area contributed by atoms with E-state index in [1.807, 2.05) is 4.90 Å². The van der Waals surface area contributed by atoms with Crippen molar-refractivity contribution in [2.75, 3.05) is 63.9 Å². The maximum Gasteiger partial charge on any atom is 0.222 e. The minimum atomic E-state index is 0.294. The lowest BCUT2D eigenvalue weighted by Gasteiger charge is -2.34. The van der Waals surface area contributed by atoms with Crippen LogP contribution in [0.3, 0.4) is 0 Å². The quantitative estimate of drug-likeness (QED) is 0.821. The molecule has 2 fully saturated rings. The van der Waals surface area contributed by atoms with E-state index in [4.69, 9.17) is 4.74 Å². The first-order valence-corrected chi connectivity index (χ1v) is 9.18. The third kappa shape index (κ3) is 4.48. The molecule has 0 bridgehead atoms. The van der Waals surface area contributed by atoms with E-state index in [9.17, 15) is 4.79 Å². The minimum Gasteiger partial charge on any atom is -0.378 e. The molecule has 2 saturated heterocycles. The number of morpholine rings is 1. The third-order valence-electron chi connectivity index (χ3n) is 5.11. The molecule has 0 spiro atoms. The summed E-state index contributed by atoms with van der Waals surface area (Å²) in [5.41, 5.74) is 2.50. The first-order chi connectivity index (χ1) is 11.8. The summed E-state index contributed by atoms with van der Waals surface area (Å²) in [6, 6.07) is 8.66. The van der Waals surface area contributed by atoms with Gasteiger partial charge in [0, 0.05) is 51.4 Å². The average molecular weight is 331 g/mol. The predicted octanol–water partition coefficient (Wildman–Crippen LogP) is 1.62. The highest BCUT2D eigenvalue weighted by molar-refractivity contribution is 5.76. The molecule has 2 heterocycles. The summed E-state index contributed by atoms with van der Waals surface area (Å²) in [5, 5.41) is 0. The van der Waals surface area contributed by atoms with E-state index < -0.39 is 0 Å². The molecule has 1 amide bonds. The summed E-state index contributed by atoms with van der Waals surface area (Å²) < 4.78 is 5.39. The maximum atomic E-state index is 12.4. The van der Waals surface area contributed by atoms with Crippen LogP contribution in [-0.4, -0.2) is 74.7 Å². The Kier molecular flexibility index (Phi) is 6.10. The Morgan fingerprint density at radius 3 is 2.29 bits per heavy atom. The summed E-state index contributed by atoms with van der Waals surface area (Å²) in [6.45, 7) is 10.6. The van der Waals surface area contributed by atoms with Gasteiger partial charge in [0.25, 0.3) is 0 Å². The second kappa shape index (κ2) is 8.49. The van der Waals surface area contributed by atoms with Crippen molar-refractivity contribution in [3.05, 3.63) is 29.8 Å². The molecule has 24 heavy (non-hydrogen) atoms. The Bertz CT molecular complexity index is 518. The molecule has 0 atom stereocenters. The number of piperazine rings is 1. The second-order valence-corrected chi connectivity index (χ2v) is 6.58. The number of aryl methyl sites for hydroxylation is 1. The van der Waals surface area contributed by atoms with E-state index in [0.29, 0.717) is 12.3 Å². The van der Waals surface area contributed by atoms with Crippen LogP contribution in [0, 0.1) is 0 Å². The van der Waals surface area contributed by atoms with E-state index in [0.717, 1.165) is 65.4 Å². The molecule has 5 heteroatoms. The smallest absolute Gasteiger partial charge is 0.222 e. The monoisotopic (exact) mass is 331 g/mol. The first-order valence-electron chi connectivity index (χ1n) is 9.18. The summed E-state index contributed by atoms with van der Waals surface area (Å²) in [4.78, 5) is 19.1. The van der Waals surface area contributed by atoms with Crippen LogP contribution in [0.15, 0.2) is 24.3 Å². The van der Waals surface area contributed by atoms with Crippen LogP contribution in [0.2, 0.25) is 0 Å². The largest absolute Gasteiger partial charge is 0.378 e. The van der Waals surface area contributed by atoms with Crippen molar-refractivity contribution >= 4 is 11.6 Å². The van der Waals surface area contributed by atoms with Gasteiger partial charge in [0.2, 0.25) is 5.91 Å². The Labute approximate surface area is 145 Å². The molecule has 1 aromatic rings. The molecule has 1 aromatic carbocycles. The molecular formula is C19H29N3O2. The molecule has 0 unspecified atom stereocenters. The number of anilines is 1. The van der Waals surface area contributed by atoms with Gasteiger partial charge < -0.3 is 19.4 Å². The Hall–Kier alpha value is -1.59. The normalized spacial score (nSPS) is 19.5. The van der Waals surface area contributed by atoms with Crippen molar-refractivity contribution < 1.29 is 9.53 Å². The van der Waals surface area contributed by atoms with Crippen molar-refractivity contribution in [2.45, 2.75) is 19.8 Å². The lowest BCUT2D eigenvalue weighted by Crippen LogP contribution is -2.48. The van der Waals surface area contributed by atoms with Crippen LogP contribution in [0.1, 0.15) is 18.9 Å². The van der Waals surface area contributed by atoms with Gasteiger partial charge in [0.15, 0.2) is 0 Å². The number of hydrogen-bond acceptors (Lipinski definition) is 4. The van der Waals surface area contributed by atoms with Gasteiger partial charge in [-0.2, -0.15) is 0 Å². The van der Waals surface area contributed by atoms with Crippen molar-refractivity contribution in [1.29, 1.82) is 0 Å². The molecule has 2 aliphatic heterocycles. The predicted molar refractivity (Wildman–Crippen MR) is 96.5 cm³/mol. The van der Waals surface area contributed by atoms with Crippen LogP contribution >= 0.6 is 0 Å². The lowest BCUT2D eigenvalue weighted by molar-refractivity contribution is -0.132. The highest BCUT2D eigenvalue weighted by Crippen LogP contribution is 2.17. The van der Waals surface area contributed by atoms with Gasteiger partial charge in [-0.25, -0.2) is 0 Å². The fraction of sp³-hybridized carbons (Fsp3) is 0.632. The van der Waals surface area contributed by atoms with E-state index in [1.165, 1.54) is 11.3 Å². The van der Waals surface area contributed by atoms with E-state index >= 15 is 0 Å². The van der Waals surface area contributed by atoms with E-state index in [1.54, 1.807) is 0 Å². The summed E-state index contributed by atoms with van der Waals surface area (Å²) in [6.07, 6.45) is 1.44. The number of nitrogens with zero attached hydrogens (tertiary/aromatic N) is 3. The van der Waals surface area contributed by atoms with Crippen LogP contribution < -0.4 is 4.90 Å². The summed E-state index contributed by atoms with van der Waals surface area (Å²) in [5.74, 6) is 0.294. The Morgan fingerprint density at radius 2 is 1.67 bits per heavy atom. The number of amides is 1. The molecule has 0 saturated carbocycles. The van der Waals surface area contributed by atoms with E-state index in [-0.39, 0.29) is 0 Å². The van der Waals surface area contributed by atoms with Crippen LogP contribution in [0.5, 0.6) is 0 Å². The van der Waals surface area contributed by atoms with Crippen molar-refractivity contribution in [1.82, 2.24) is 9.80 Å². The van der Waals surface area contributed by atoms with Crippen LogP contribution in [0.4, 0.5) is 5.69 Å². The van der Waals surface area contributed by atoms with Crippen LogP contribution in [0.25, 0.3) is 0 Å². The molecule has 0 aliphatic carbocycles. The molecule has 0 N–H and O–H groups in total. The summed E-state index contributed by atoms with van der Waals surface area (Å²) in [7, 11) is 0. The molecule has 132 valence electrons. The number of carbonyl (C=O) groups excluding carboxylic acids is 1. The van der Waals surface area contributed by atoms with Gasteiger partial charge in [0.1, 0.15) is 0 Å². The fourth-order valence-electron chi connectivity index (χ4n) is 3.42. The Balaban J connectivity index is 1.45. The highest BCUT2D eigenvalue weighted by Gasteiger charge is 2.19. The number of ether oxygens (including phenoxy) is 1. The fourth-order valence-corrected chi connectivity index (χ4v) is 3.42. The van der Waals surface area contributed by atoms with Gasteiger partial charge >= 0.3 is 0 Å². The Morgan fingerprint density at radius 1 is 1.00 bits per heavy atom. The standard InChI is InChI=1S/C19H29N3O2/c1-2-20-9-11-22(12-10-20)19(23)8-5-17-3-6-18(7-4-17)21-13-15-24-16-14-21/h3-4,6-7H,2,5,8-16H2,1H3. The molecule has 0 aromatic heterocycles. The zero-order valence-corrected chi connectivity index (χ0v) is 14.7. The average Bonchev–Trinajstić information content (AvgIpc) is 2.67. The van der Waals surface area contributed by atoms with Gasteiger partial charge in [-0.05, 0) is 30.7 Å². The van der Waals surface area contributed by atoms with Crippen molar-refractivity contribution in [3.8, 4) is 0 Å². The third-order valence-corrected chi connectivity index (χ3v) is 5.11. The molecular weight excluding hydrogens is 302 g/mol. The minimum absolute atomic E-state index is 0.294. The number of benzene rings is 1. The molecule has 2 aliphatic rings. The first kappa shape index (κ1) is 17.2.